The van der Waals surface area contributed by atoms with Gasteiger partial charge in [0.2, 0.25) is 11.8 Å². The molecule has 30 heavy (non-hydrogen) atoms. The molecule has 1 heterocycles. The summed E-state index contributed by atoms with van der Waals surface area (Å²) in [7, 11) is 0. The fourth-order valence-corrected chi connectivity index (χ4v) is 3.07. The summed E-state index contributed by atoms with van der Waals surface area (Å²) < 4.78 is 11.8. The lowest BCUT2D eigenvalue weighted by Crippen LogP contribution is -2.11. The highest BCUT2D eigenvalue weighted by Crippen LogP contribution is 2.26. The van der Waals surface area contributed by atoms with Crippen LogP contribution in [0.25, 0.3) is 22.9 Å². The molecule has 0 bridgehead atoms. The van der Waals surface area contributed by atoms with Gasteiger partial charge in [-0.15, -0.1) is 16.6 Å². The molecular weight excluding hydrogens is 372 g/mol. The molecule has 0 spiro atoms. The second-order valence-electron chi connectivity index (χ2n) is 7.14. The fraction of sp³-hybridized carbons (Fsp3) is 0.308. The number of rotatable bonds is 9. The molecule has 1 aromatic heterocycles. The average molecular weight is 399 g/mol. The first-order valence-electron chi connectivity index (χ1n) is 10.4. The van der Waals surface area contributed by atoms with Crippen LogP contribution in [0.4, 0.5) is 0 Å². The molecule has 0 radical (unpaired) electrons. The van der Waals surface area contributed by atoms with E-state index in [1.165, 1.54) is 19.3 Å². The third-order valence-corrected chi connectivity index (χ3v) is 4.97. The van der Waals surface area contributed by atoms with Gasteiger partial charge in [-0.1, -0.05) is 39.0 Å². The largest absolute Gasteiger partial charge is 0.493 e. The second-order valence-corrected chi connectivity index (χ2v) is 7.14. The van der Waals surface area contributed by atoms with Crippen LogP contribution in [0.1, 0.15) is 45.1 Å². The van der Waals surface area contributed by atoms with Crippen LogP contribution in [0.3, 0.4) is 0 Å². The molecule has 0 aliphatic rings. The van der Waals surface area contributed by atoms with Crippen molar-refractivity contribution >= 4 is 0 Å². The summed E-state index contributed by atoms with van der Waals surface area (Å²) in [5.41, 5.74) is 2.53. The predicted octanol–water partition coefficient (Wildman–Crippen LogP) is 5.98. The van der Waals surface area contributed by atoms with E-state index in [1.54, 1.807) is 0 Å². The van der Waals surface area contributed by atoms with Gasteiger partial charge in [-0.25, -0.2) is 0 Å². The van der Waals surface area contributed by atoms with Crippen LogP contribution in [0, 0.1) is 30.1 Å². The lowest BCUT2D eigenvalue weighted by molar-refractivity contribution is 0.233. The van der Waals surface area contributed by atoms with Crippen LogP contribution in [0.5, 0.6) is 5.75 Å². The summed E-state index contributed by atoms with van der Waals surface area (Å²) >= 11 is 0. The van der Waals surface area contributed by atoms with Gasteiger partial charge in [0.15, 0.2) is 0 Å². The SMILES string of the molecule is C#CC#Cc1ccc(-c2nnc(-c3ccc(OCC(CC)CCCC)cc3)o2)cc1. The van der Waals surface area contributed by atoms with E-state index in [0.717, 1.165) is 35.5 Å². The lowest BCUT2D eigenvalue weighted by atomic mass is 10.0. The lowest BCUT2D eigenvalue weighted by Gasteiger charge is -2.15. The van der Waals surface area contributed by atoms with Crippen LogP contribution in [0.15, 0.2) is 52.9 Å². The van der Waals surface area contributed by atoms with E-state index in [4.69, 9.17) is 15.6 Å². The van der Waals surface area contributed by atoms with Crippen molar-refractivity contribution in [2.75, 3.05) is 6.61 Å². The van der Waals surface area contributed by atoms with Crippen molar-refractivity contribution in [3.05, 3.63) is 54.1 Å². The highest BCUT2D eigenvalue weighted by atomic mass is 16.5. The number of terminal acetylenes is 1. The molecule has 0 N–H and O–H groups in total. The predicted molar refractivity (Wildman–Crippen MR) is 120 cm³/mol. The molecule has 1 unspecified atom stereocenters. The van der Waals surface area contributed by atoms with E-state index in [2.05, 4.69) is 41.8 Å². The average Bonchev–Trinajstić information content (AvgIpc) is 3.29. The van der Waals surface area contributed by atoms with Gasteiger partial charge in [-0.2, -0.15) is 0 Å². The summed E-state index contributed by atoms with van der Waals surface area (Å²) in [6.45, 7) is 5.20. The minimum atomic E-state index is 0.462. The van der Waals surface area contributed by atoms with Gasteiger partial charge in [-0.05, 0) is 72.7 Å². The minimum absolute atomic E-state index is 0.462. The quantitative estimate of drug-likeness (QED) is 0.416. The Morgan fingerprint density at radius 2 is 1.60 bits per heavy atom. The maximum Gasteiger partial charge on any atom is 0.248 e. The molecule has 4 nitrogen and oxygen atoms in total. The molecule has 4 heteroatoms. The van der Waals surface area contributed by atoms with Gasteiger partial charge in [0, 0.05) is 16.7 Å². The number of nitrogens with zero attached hydrogens (tertiary/aromatic N) is 2. The minimum Gasteiger partial charge on any atom is -0.493 e. The van der Waals surface area contributed by atoms with Gasteiger partial charge < -0.3 is 9.15 Å². The molecule has 0 fully saturated rings. The monoisotopic (exact) mass is 398 g/mol. The van der Waals surface area contributed by atoms with Crippen LogP contribution >= 0.6 is 0 Å². The Kier molecular flexibility index (Phi) is 7.70. The first kappa shape index (κ1) is 21.2. The maximum absolute atomic E-state index is 5.97. The van der Waals surface area contributed by atoms with Gasteiger partial charge >= 0.3 is 0 Å². The zero-order valence-electron chi connectivity index (χ0n) is 17.5. The number of benzene rings is 2. The number of hydrogen-bond donors (Lipinski definition) is 0. The smallest absolute Gasteiger partial charge is 0.248 e. The van der Waals surface area contributed by atoms with Crippen molar-refractivity contribution in [2.24, 2.45) is 5.92 Å². The molecule has 152 valence electrons. The Morgan fingerprint density at radius 1 is 0.967 bits per heavy atom. The normalized spacial score (nSPS) is 11.2. The Balaban J connectivity index is 1.63. The topological polar surface area (TPSA) is 48.2 Å². The van der Waals surface area contributed by atoms with Crippen molar-refractivity contribution in [3.8, 4) is 52.8 Å². The zero-order chi connectivity index (χ0) is 21.2. The molecule has 0 aliphatic carbocycles. The molecule has 2 aromatic carbocycles. The highest BCUT2D eigenvalue weighted by Gasteiger charge is 2.11. The molecule has 0 saturated carbocycles. The summed E-state index contributed by atoms with van der Waals surface area (Å²) in [6.07, 6.45) is 9.98. The van der Waals surface area contributed by atoms with Crippen molar-refractivity contribution in [2.45, 2.75) is 39.5 Å². The van der Waals surface area contributed by atoms with Crippen molar-refractivity contribution in [1.29, 1.82) is 0 Å². The molecular formula is C26H26N2O2. The zero-order valence-corrected chi connectivity index (χ0v) is 17.5. The Hall–Kier alpha value is -3.50. The fourth-order valence-electron chi connectivity index (χ4n) is 3.07. The summed E-state index contributed by atoms with van der Waals surface area (Å²) in [6, 6.07) is 15.3. The van der Waals surface area contributed by atoms with E-state index in [9.17, 15) is 0 Å². The van der Waals surface area contributed by atoms with E-state index >= 15 is 0 Å². The van der Waals surface area contributed by atoms with Crippen LogP contribution in [0.2, 0.25) is 0 Å². The van der Waals surface area contributed by atoms with E-state index in [0.29, 0.717) is 17.7 Å². The second kappa shape index (κ2) is 10.9. The van der Waals surface area contributed by atoms with Crippen LogP contribution in [-0.4, -0.2) is 16.8 Å². The Labute approximate surface area is 178 Å². The summed E-state index contributed by atoms with van der Waals surface area (Å²) in [4.78, 5) is 0. The molecule has 0 aliphatic heterocycles. The molecule has 3 rings (SSSR count). The maximum atomic E-state index is 5.97. The molecule has 0 amide bonds. The first-order chi connectivity index (χ1) is 14.7. The number of aromatic nitrogens is 2. The number of ether oxygens (including phenoxy) is 1. The van der Waals surface area contributed by atoms with Crippen molar-refractivity contribution in [1.82, 2.24) is 10.2 Å². The van der Waals surface area contributed by atoms with E-state index < -0.39 is 0 Å². The van der Waals surface area contributed by atoms with E-state index in [1.807, 2.05) is 48.5 Å². The Bertz CT molecular complexity index is 1030. The Morgan fingerprint density at radius 3 is 2.17 bits per heavy atom. The van der Waals surface area contributed by atoms with Crippen molar-refractivity contribution < 1.29 is 9.15 Å². The molecule has 3 aromatic rings. The standard InChI is InChI=1S/C26H26N2O2/c1-4-7-9-20(6-3)19-29-24-17-15-23(16-18-24)26-28-27-25(30-26)22-13-11-21(12-14-22)10-8-5-2/h2,11-18,20H,4,6-7,9,19H2,1,3H3. The van der Waals surface area contributed by atoms with Crippen molar-refractivity contribution in [3.63, 3.8) is 0 Å². The number of hydrogen-bond acceptors (Lipinski definition) is 4. The molecule has 0 saturated heterocycles. The van der Waals surface area contributed by atoms with Crippen LogP contribution in [-0.2, 0) is 0 Å². The van der Waals surface area contributed by atoms with Gasteiger partial charge in [0.1, 0.15) is 5.75 Å². The third-order valence-electron chi connectivity index (χ3n) is 4.97. The third kappa shape index (κ3) is 5.75. The summed E-state index contributed by atoms with van der Waals surface area (Å²) in [5, 5.41) is 8.33. The first-order valence-corrected chi connectivity index (χ1v) is 10.4. The van der Waals surface area contributed by atoms with Gasteiger partial charge in [0.25, 0.3) is 0 Å². The summed E-state index contributed by atoms with van der Waals surface area (Å²) in [5.74, 6) is 10.2. The van der Waals surface area contributed by atoms with E-state index in [-0.39, 0.29) is 0 Å². The van der Waals surface area contributed by atoms with Crippen LogP contribution < -0.4 is 4.74 Å². The molecule has 1 atom stereocenters. The number of unbranched alkanes of at least 4 members (excludes halogenated alkanes) is 1. The van der Waals surface area contributed by atoms with Gasteiger partial charge in [0.05, 0.1) is 6.61 Å². The van der Waals surface area contributed by atoms with Gasteiger partial charge in [-0.3, -0.25) is 0 Å². The highest BCUT2D eigenvalue weighted by molar-refractivity contribution is 5.59.